The van der Waals surface area contributed by atoms with Gasteiger partial charge >= 0.3 is 5.97 Å². The average Bonchev–Trinajstić information content (AvgIpc) is 3.24. The number of carbonyl (C=O) groups is 2. The molecule has 1 amide bonds. The zero-order valence-electron chi connectivity index (χ0n) is 17.6. The second-order valence-corrected chi connectivity index (χ2v) is 9.51. The molecular formula is C22H23N3O5S2. The molecule has 168 valence electrons. The third-order valence-corrected chi connectivity index (χ3v) is 7.43. The third kappa shape index (κ3) is 4.81. The maximum Gasteiger partial charge on any atom is 0.341 e. The van der Waals surface area contributed by atoms with Gasteiger partial charge in [0.1, 0.15) is 5.00 Å². The van der Waals surface area contributed by atoms with Crippen molar-refractivity contribution in [2.24, 2.45) is 0 Å². The minimum atomic E-state index is -0.547. The quantitative estimate of drug-likeness (QED) is 0.243. The van der Waals surface area contributed by atoms with Crippen LogP contribution in [0.2, 0.25) is 0 Å². The Kier molecular flexibility index (Phi) is 7.11. The molecule has 1 aromatic carbocycles. The summed E-state index contributed by atoms with van der Waals surface area (Å²) in [5, 5.41) is 19.6. The number of rotatable bonds is 7. The number of carbonyl (C=O) groups excluding carboxylic acids is 2. The van der Waals surface area contributed by atoms with E-state index in [0.29, 0.717) is 27.0 Å². The number of thioether (sulfide) groups is 1. The molecule has 0 atom stereocenters. The van der Waals surface area contributed by atoms with Crippen molar-refractivity contribution >= 4 is 40.0 Å². The first-order chi connectivity index (χ1) is 15.6. The highest BCUT2D eigenvalue weighted by Crippen LogP contribution is 2.38. The van der Waals surface area contributed by atoms with Crippen molar-refractivity contribution in [2.75, 3.05) is 18.2 Å². The van der Waals surface area contributed by atoms with E-state index in [-0.39, 0.29) is 12.3 Å². The van der Waals surface area contributed by atoms with Gasteiger partial charge in [-0.1, -0.05) is 36.4 Å². The van der Waals surface area contributed by atoms with E-state index in [1.807, 2.05) is 30.3 Å². The highest BCUT2D eigenvalue weighted by molar-refractivity contribution is 7.99. The zero-order chi connectivity index (χ0) is 22.5. The molecular weight excluding hydrogens is 450 g/mol. The SMILES string of the molecule is COC(=O)c1c(NC(=O)CCSc2c([O-])on[n+]2-c2ccccc2)sc2c1CCCCC2. The van der Waals surface area contributed by atoms with Gasteiger partial charge in [-0.2, -0.15) is 0 Å². The van der Waals surface area contributed by atoms with Crippen LogP contribution in [0, 0.1) is 0 Å². The van der Waals surface area contributed by atoms with Crippen LogP contribution in [0.1, 0.15) is 46.5 Å². The van der Waals surface area contributed by atoms with E-state index in [4.69, 9.17) is 9.26 Å². The van der Waals surface area contributed by atoms with Crippen LogP contribution in [0.3, 0.4) is 0 Å². The summed E-state index contributed by atoms with van der Waals surface area (Å²) in [7, 11) is 1.35. The van der Waals surface area contributed by atoms with Crippen molar-refractivity contribution < 1.29 is 28.6 Å². The third-order valence-electron chi connectivity index (χ3n) is 5.20. The van der Waals surface area contributed by atoms with Gasteiger partial charge in [-0.05, 0) is 35.9 Å². The predicted molar refractivity (Wildman–Crippen MR) is 118 cm³/mol. The van der Waals surface area contributed by atoms with Crippen LogP contribution in [-0.2, 0) is 22.4 Å². The molecule has 4 rings (SSSR count). The van der Waals surface area contributed by atoms with Gasteiger partial charge in [0, 0.05) is 29.2 Å². The first kappa shape index (κ1) is 22.3. The smallest absolute Gasteiger partial charge is 0.341 e. The van der Waals surface area contributed by atoms with Crippen molar-refractivity contribution in [1.29, 1.82) is 0 Å². The van der Waals surface area contributed by atoms with Gasteiger partial charge in [0.15, 0.2) is 5.95 Å². The van der Waals surface area contributed by atoms with Crippen molar-refractivity contribution in [2.45, 2.75) is 43.6 Å². The standard InChI is InChI=1S/C22H23N3O5S2/c1-29-21(27)18-15-10-6-3-7-11-16(15)32-19(18)23-17(26)12-13-31-20-22(28)30-24-25(20)14-8-4-2-5-9-14/h2,4-5,8-9H,3,6-7,10-13H2,1H3,(H-,23,24,26,27,28). The van der Waals surface area contributed by atoms with Gasteiger partial charge < -0.3 is 19.7 Å². The van der Waals surface area contributed by atoms with Gasteiger partial charge in [-0.15, -0.1) is 11.3 Å². The number of para-hydroxylation sites is 1. The number of nitrogens with zero attached hydrogens (tertiary/aromatic N) is 2. The molecule has 32 heavy (non-hydrogen) atoms. The first-order valence-electron chi connectivity index (χ1n) is 10.4. The van der Waals surface area contributed by atoms with E-state index in [1.165, 1.54) is 34.9 Å². The molecule has 8 nitrogen and oxygen atoms in total. The lowest BCUT2D eigenvalue weighted by molar-refractivity contribution is -0.705. The van der Waals surface area contributed by atoms with E-state index >= 15 is 0 Å². The average molecular weight is 474 g/mol. The molecule has 1 N–H and O–H groups in total. The Hall–Kier alpha value is -2.85. The molecule has 0 bridgehead atoms. The highest BCUT2D eigenvalue weighted by atomic mass is 32.2. The molecule has 10 heteroatoms. The Morgan fingerprint density at radius 3 is 2.81 bits per heavy atom. The molecule has 1 aliphatic carbocycles. The summed E-state index contributed by atoms with van der Waals surface area (Å²) >= 11 is 2.67. The lowest BCUT2D eigenvalue weighted by Crippen LogP contribution is -2.34. The van der Waals surface area contributed by atoms with Crippen molar-refractivity contribution in [3.63, 3.8) is 0 Å². The second kappa shape index (κ2) is 10.2. The molecule has 0 unspecified atom stereocenters. The van der Waals surface area contributed by atoms with Gasteiger partial charge in [0.2, 0.25) is 11.6 Å². The number of nitrogens with one attached hydrogen (secondary N) is 1. The Balaban J connectivity index is 1.43. The maximum atomic E-state index is 12.6. The van der Waals surface area contributed by atoms with Crippen LogP contribution in [-0.4, -0.2) is 30.0 Å². The number of aromatic nitrogens is 2. The van der Waals surface area contributed by atoms with E-state index in [2.05, 4.69) is 10.6 Å². The van der Waals surface area contributed by atoms with Crippen LogP contribution in [0.15, 0.2) is 39.9 Å². The number of benzene rings is 1. The summed E-state index contributed by atoms with van der Waals surface area (Å²) in [5.41, 5.74) is 2.19. The van der Waals surface area contributed by atoms with E-state index in [9.17, 15) is 14.7 Å². The maximum absolute atomic E-state index is 12.6. The summed E-state index contributed by atoms with van der Waals surface area (Å²) in [6, 6.07) is 9.17. The van der Waals surface area contributed by atoms with E-state index < -0.39 is 11.9 Å². The number of methoxy groups -OCH3 is 1. The van der Waals surface area contributed by atoms with Crippen LogP contribution >= 0.6 is 23.1 Å². The Labute approximate surface area is 193 Å². The fraction of sp³-hybridized carbons (Fsp3) is 0.364. The number of hydrogen-bond donors (Lipinski definition) is 1. The number of aryl methyl sites for hydroxylation is 1. The normalized spacial score (nSPS) is 13.3. The van der Waals surface area contributed by atoms with Crippen LogP contribution in [0.4, 0.5) is 5.00 Å². The molecule has 0 spiro atoms. The number of esters is 1. The zero-order valence-corrected chi connectivity index (χ0v) is 19.2. The molecule has 2 heterocycles. The summed E-state index contributed by atoms with van der Waals surface area (Å²) in [6.07, 6.45) is 5.13. The number of anilines is 1. The molecule has 3 aromatic rings. The molecule has 0 saturated heterocycles. The lowest BCUT2D eigenvalue weighted by Gasteiger charge is -2.07. The summed E-state index contributed by atoms with van der Waals surface area (Å²) in [6.45, 7) is 0. The highest BCUT2D eigenvalue weighted by Gasteiger charge is 2.26. The number of thiophene rings is 1. The van der Waals surface area contributed by atoms with E-state index in [0.717, 1.165) is 42.5 Å². The largest absolute Gasteiger partial charge is 0.538 e. The van der Waals surface area contributed by atoms with Gasteiger partial charge in [-0.3, -0.25) is 4.79 Å². The fourth-order valence-electron chi connectivity index (χ4n) is 3.67. The Bertz CT molecular complexity index is 1110. The minimum Gasteiger partial charge on any atom is -0.538 e. The topological polar surface area (TPSA) is 108 Å². The lowest BCUT2D eigenvalue weighted by atomic mass is 10.1. The molecule has 0 fully saturated rings. The van der Waals surface area contributed by atoms with Crippen LogP contribution < -0.4 is 15.1 Å². The summed E-state index contributed by atoms with van der Waals surface area (Å²) in [4.78, 5) is 26.2. The number of amides is 1. The van der Waals surface area contributed by atoms with Crippen molar-refractivity contribution in [3.05, 3.63) is 46.3 Å². The van der Waals surface area contributed by atoms with E-state index in [1.54, 1.807) is 0 Å². The molecule has 2 aromatic heterocycles. The van der Waals surface area contributed by atoms with Gasteiger partial charge in [0.25, 0.3) is 5.03 Å². The van der Waals surface area contributed by atoms with Crippen molar-refractivity contribution in [1.82, 2.24) is 5.27 Å². The number of ether oxygens (including phenoxy) is 1. The molecule has 1 aliphatic rings. The predicted octanol–water partition coefficient (Wildman–Crippen LogP) is 3.26. The number of fused-ring (bicyclic) bond motifs is 1. The second-order valence-electron chi connectivity index (χ2n) is 7.32. The van der Waals surface area contributed by atoms with Crippen LogP contribution in [0.5, 0.6) is 5.95 Å². The molecule has 0 saturated carbocycles. The summed E-state index contributed by atoms with van der Waals surface area (Å²) in [5.74, 6) is -0.838. The van der Waals surface area contributed by atoms with Gasteiger partial charge in [0.05, 0.1) is 17.9 Å². The molecule has 0 radical (unpaired) electrons. The number of hydrogen-bond acceptors (Lipinski definition) is 8. The van der Waals surface area contributed by atoms with Crippen molar-refractivity contribution in [3.8, 4) is 11.6 Å². The molecule has 0 aliphatic heterocycles. The summed E-state index contributed by atoms with van der Waals surface area (Å²) < 4.78 is 11.2. The Morgan fingerprint density at radius 2 is 2.03 bits per heavy atom. The van der Waals surface area contributed by atoms with Crippen LogP contribution in [0.25, 0.3) is 5.69 Å². The minimum absolute atomic E-state index is 0.160. The first-order valence-corrected chi connectivity index (χ1v) is 12.2. The van der Waals surface area contributed by atoms with Gasteiger partial charge in [-0.25, -0.2) is 4.79 Å². The Morgan fingerprint density at radius 1 is 1.25 bits per heavy atom. The fourth-order valence-corrected chi connectivity index (χ4v) is 5.86. The monoisotopic (exact) mass is 473 g/mol.